The number of halogens is 1. The normalized spacial score (nSPS) is 14.4. The molecule has 0 N–H and O–H groups in total. The van der Waals surface area contributed by atoms with Gasteiger partial charge in [0.2, 0.25) is 0 Å². The Bertz CT molecular complexity index is 1390. The summed E-state index contributed by atoms with van der Waals surface area (Å²) >= 11 is 4.30. The van der Waals surface area contributed by atoms with Crippen LogP contribution in [0.3, 0.4) is 0 Å². The molecule has 1 aliphatic heterocycles. The van der Waals surface area contributed by atoms with E-state index in [-0.39, 0.29) is 22.7 Å². The molecule has 4 rings (SSSR count). The third-order valence-electron chi connectivity index (χ3n) is 5.57. The highest BCUT2D eigenvalue weighted by atomic mass is 79.9. The average molecular weight is 569 g/mol. The summed E-state index contributed by atoms with van der Waals surface area (Å²) in [6.45, 7) is 2.18. The Morgan fingerprint density at radius 2 is 1.78 bits per heavy atom. The van der Waals surface area contributed by atoms with Crippen LogP contribution in [0.4, 0.5) is 10.5 Å². The molecule has 0 aliphatic carbocycles. The number of hydrogen-bond donors (Lipinski definition) is 0. The van der Waals surface area contributed by atoms with Crippen molar-refractivity contribution < 1.29 is 24.0 Å². The van der Waals surface area contributed by atoms with Gasteiger partial charge in [0.15, 0.2) is 11.5 Å². The van der Waals surface area contributed by atoms with Gasteiger partial charge in [-0.05, 0) is 69.5 Å². The molecule has 1 aliphatic rings. The number of thioether (sulfide) groups is 1. The van der Waals surface area contributed by atoms with Crippen LogP contribution >= 0.6 is 27.7 Å². The van der Waals surface area contributed by atoms with Crippen LogP contribution in [0.15, 0.2) is 70.0 Å². The van der Waals surface area contributed by atoms with Gasteiger partial charge in [-0.15, -0.1) is 0 Å². The van der Waals surface area contributed by atoms with E-state index in [4.69, 9.17) is 9.47 Å². The second-order valence-corrected chi connectivity index (χ2v) is 9.75. The average Bonchev–Trinajstić information content (AvgIpc) is 3.11. The molecule has 36 heavy (non-hydrogen) atoms. The monoisotopic (exact) mass is 568 g/mol. The minimum atomic E-state index is -0.531. The predicted octanol–water partition coefficient (Wildman–Crippen LogP) is 6.49. The molecule has 184 valence electrons. The molecule has 10 heteroatoms. The largest absolute Gasteiger partial charge is 0.493 e. The first-order valence-corrected chi connectivity index (χ1v) is 12.4. The Hall–Kier alpha value is -3.63. The van der Waals surface area contributed by atoms with Crippen molar-refractivity contribution in [1.29, 1.82) is 0 Å². The number of carbonyl (C=O) groups is 2. The number of nitro benzene ring substituents is 1. The minimum absolute atomic E-state index is 0.143. The van der Waals surface area contributed by atoms with Crippen LogP contribution in [0, 0.1) is 17.0 Å². The lowest BCUT2D eigenvalue weighted by Crippen LogP contribution is -2.27. The Balaban J connectivity index is 1.56. The molecule has 1 heterocycles. The smallest absolute Gasteiger partial charge is 0.293 e. The minimum Gasteiger partial charge on any atom is -0.493 e. The number of hydrogen-bond acceptors (Lipinski definition) is 7. The van der Waals surface area contributed by atoms with Crippen molar-refractivity contribution in [1.82, 2.24) is 4.90 Å². The molecular weight excluding hydrogens is 548 g/mol. The van der Waals surface area contributed by atoms with E-state index < -0.39 is 16.1 Å². The second kappa shape index (κ2) is 11.0. The number of nitrogens with zero attached hydrogens (tertiary/aromatic N) is 2. The lowest BCUT2D eigenvalue weighted by molar-refractivity contribution is -0.385. The zero-order valence-electron chi connectivity index (χ0n) is 19.4. The third-order valence-corrected chi connectivity index (χ3v) is 7.07. The maximum Gasteiger partial charge on any atom is 0.293 e. The highest BCUT2D eigenvalue weighted by Gasteiger charge is 2.36. The van der Waals surface area contributed by atoms with Gasteiger partial charge in [-0.2, -0.15) is 0 Å². The Labute approximate surface area is 220 Å². The third kappa shape index (κ3) is 5.44. The van der Waals surface area contributed by atoms with Gasteiger partial charge in [-0.25, -0.2) is 0 Å². The molecule has 1 fully saturated rings. The number of aryl methyl sites for hydroxylation is 1. The molecule has 1 saturated heterocycles. The fourth-order valence-corrected chi connectivity index (χ4v) is 5.08. The van der Waals surface area contributed by atoms with Crippen LogP contribution in [-0.4, -0.2) is 28.1 Å². The van der Waals surface area contributed by atoms with Gasteiger partial charge in [0.25, 0.3) is 16.8 Å². The number of amides is 2. The highest BCUT2D eigenvalue weighted by molar-refractivity contribution is 9.10. The van der Waals surface area contributed by atoms with Crippen LogP contribution in [-0.2, 0) is 17.9 Å². The van der Waals surface area contributed by atoms with Crippen LogP contribution in [0.2, 0.25) is 0 Å². The molecule has 8 nitrogen and oxygen atoms in total. The van der Waals surface area contributed by atoms with Crippen LogP contribution < -0.4 is 9.47 Å². The molecule has 0 radical (unpaired) electrons. The van der Waals surface area contributed by atoms with Crippen molar-refractivity contribution in [2.24, 2.45) is 0 Å². The van der Waals surface area contributed by atoms with Crippen LogP contribution in [0.5, 0.6) is 11.5 Å². The fraction of sp³-hybridized carbons (Fsp3) is 0.154. The van der Waals surface area contributed by atoms with Crippen molar-refractivity contribution >= 4 is 50.6 Å². The first-order chi connectivity index (χ1) is 17.3. The molecule has 0 aromatic heterocycles. The van der Waals surface area contributed by atoms with Gasteiger partial charge in [-0.1, -0.05) is 42.5 Å². The maximum atomic E-state index is 13.0. The number of carbonyl (C=O) groups excluding carboxylic acids is 2. The van der Waals surface area contributed by atoms with E-state index in [2.05, 4.69) is 15.9 Å². The maximum absolute atomic E-state index is 13.0. The van der Waals surface area contributed by atoms with E-state index in [1.165, 1.54) is 25.3 Å². The number of nitro groups is 1. The molecule has 0 saturated carbocycles. The molecule has 0 atom stereocenters. The first kappa shape index (κ1) is 25.5. The van der Waals surface area contributed by atoms with Crippen molar-refractivity contribution in [2.75, 3.05) is 7.11 Å². The standard InChI is InChI=1S/C26H21BrN2O6S/c1-16-7-3-4-9-19(16)15-35-24-20(27)11-17(12-22(24)34-2)13-23-25(30)28(26(31)36-23)14-18-8-5-6-10-21(18)29(32)33/h3-13H,14-15H2,1-2H3/b23-13-. The quantitative estimate of drug-likeness (QED) is 0.174. The molecule has 3 aromatic rings. The van der Waals surface area contributed by atoms with Crippen molar-refractivity contribution in [3.63, 3.8) is 0 Å². The summed E-state index contributed by atoms with van der Waals surface area (Å²) in [6.07, 6.45) is 1.59. The zero-order chi connectivity index (χ0) is 25.8. The zero-order valence-corrected chi connectivity index (χ0v) is 21.8. The van der Waals surface area contributed by atoms with Gasteiger partial charge < -0.3 is 9.47 Å². The summed E-state index contributed by atoms with van der Waals surface area (Å²) in [6, 6.07) is 17.4. The van der Waals surface area contributed by atoms with Crippen molar-refractivity contribution in [2.45, 2.75) is 20.1 Å². The van der Waals surface area contributed by atoms with Gasteiger partial charge in [-0.3, -0.25) is 24.6 Å². The topological polar surface area (TPSA) is 99.0 Å². The predicted molar refractivity (Wildman–Crippen MR) is 141 cm³/mol. The fourth-order valence-electron chi connectivity index (χ4n) is 3.67. The number of imide groups is 1. The van der Waals surface area contributed by atoms with Crippen molar-refractivity contribution in [3.8, 4) is 11.5 Å². The number of ether oxygens (including phenoxy) is 2. The summed E-state index contributed by atoms with van der Waals surface area (Å²) in [5.41, 5.74) is 2.92. The molecule has 0 bridgehead atoms. The summed E-state index contributed by atoms with van der Waals surface area (Å²) in [4.78, 5) is 37.5. The summed E-state index contributed by atoms with van der Waals surface area (Å²) in [7, 11) is 1.52. The summed E-state index contributed by atoms with van der Waals surface area (Å²) in [5.74, 6) is 0.462. The Kier molecular flexibility index (Phi) is 7.76. The molecule has 3 aromatic carbocycles. The van der Waals surface area contributed by atoms with Gasteiger partial charge in [0, 0.05) is 11.6 Å². The Morgan fingerprint density at radius 1 is 1.08 bits per heavy atom. The lowest BCUT2D eigenvalue weighted by Gasteiger charge is -2.15. The molecule has 0 spiro atoms. The molecule has 0 unspecified atom stereocenters. The highest BCUT2D eigenvalue weighted by Crippen LogP contribution is 2.40. The van der Waals surface area contributed by atoms with E-state index in [1.54, 1.807) is 24.3 Å². The van der Waals surface area contributed by atoms with Crippen LogP contribution in [0.1, 0.15) is 22.3 Å². The van der Waals surface area contributed by atoms with Crippen molar-refractivity contribution in [3.05, 3.63) is 102 Å². The first-order valence-electron chi connectivity index (χ1n) is 10.8. The lowest BCUT2D eigenvalue weighted by atomic mass is 10.1. The van der Waals surface area contributed by atoms with Gasteiger partial charge in [0.05, 0.1) is 28.0 Å². The number of para-hydroxylation sites is 1. The van der Waals surface area contributed by atoms with E-state index in [1.807, 2.05) is 31.2 Å². The van der Waals surface area contributed by atoms with Gasteiger partial charge in [0.1, 0.15) is 6.61 Å². The summed E-state index contributed by atoms with van der Waals surface area (Å²) < 4.78 is 12.2. The van der Waals surface area contributed by atoms with E-state index in [0.29, 0.717) is 28.1 Å². The molecule has 2 amide bonds. The van der Waals surface area contributed by atoms with E-state index in [0.717, 1.165) is 27.8 Å². The Morgan fingerprint density at radius 3 is 2.47 bits per heavy atom. The number of benzene rings is 3. The number of rotatable bonds is 8. The summed E-state index contributed by atoms with van der Waals surface area (Å²) in [5, 5.41) is 10.8. The molecular formula is C26H21BrN2O6S. The second-order valence-electron chi connectivity index (χ2n) is 7.90. The van der Waals surface area contributed by atoms with E-state index >= 15 is 0 Å². The SMILES string of the molecule is COc1cc(/C=C2\SC(=O)N(Cc3ccccc3[N+](=O)[O-])C2=O)cc(Br)c1OCc1ccccc1C. The van der Waals surface area contributed by atoms with Crippen LogP contribution in [0.25, 0.3) is 6.08 Å². The van der Waals surface area contributed by atoms with E-state index in [9.17, 15) is 19.7 Å². The number of methoxy groups -OCH3 is 1. The van der Waals surface area contributed by atoms with Gasteiger partial charge >= 0.3 is 0 Å².